The Labute approximate surface area is 120 Å². The van der Waals surface area contributed by atoms with E-state index in [1.165, 1.54) is 37.8 Å². The largest absolute Gasteiger partial charge is 0.317 e. The van der Waals surface area contributed by atoms with E-state index in [1.54, 1.807) is 0 Å². The minimum Gasteiger partial charge on any atom is -0.317 e. The highest BCUT2D eigenvalue weighted by Gasteiger charge is 2.29. The summed E-state index contributed by atoms with van der Waals surface area (Å²) in [5, 5.41) is 3.38. The molecule has 1 aliphatic carbocycles. The first-order valence-corrected chi connectivity index (χ1v) is 7.74. The number of rotatable bonds is 5. The predicted octanol–water partition coefficient (Wildman–Crippen LogP) is 4.31. The molecule has 1 N–H and O–H groups in total. The molecule has 112 valence electrons. The van der Waals surface area contributed by atoms with Gasteiger partial charge in [-0.2, -0.15) is 0 Å². The molecule has 3 unspecified atom stereocenters. The van der Waals surface area contributed by atoms with Crippen molar-refractivity contribution < 1.29 is 8.78 Å². The average molecular weight is 281 g/mol. The van der Waals surface area contributed by atoms with Gasteiger partial charge in [-0.1, -0.05) is 19.8 Å². The van der Waals surface area contributed by atoms with E-state index in [0.29, 0.717) is 12.0 Å². The van der Waals surface area contributed by atoms with E-state index in [1.807, 2.05) is 7.05 Å². The molecule has 0 aliphatic heterocycles. The first kappa shape index (κ1) is 15.4. The molecule has 0 saturated heterocycles. The summed E-state index contributed by atoms with van der Waals surface area (Å²) in [6.07, 6.45) is 6.86. The van der Waals surface area contributed by atoms with E-state index in [4.69, 9.17) is 0 Å². The molecule has 0 spiro atoms. The summed E-state index contributed by atoms with van der Waals surface area (Å²) in [7, 11) is 1.99. The lowest BCUT2D eigenvalue weighted by Crippen LogP contribution is -2.39. The minimum atomic E-state index is -0.470. The maximum atomic E-state index is 13.3. The monoisotopic (exact) mass is 281 g/mol. The first-order valence-electron chi connectivity index (χ1n) is 7.74. The van der Waals surface area contributed by atoms with Crippen LogP contribution in [0.3, 0.4) is 0 Å². The van der Waals surface area contributed by atoms with Crippen LogP contribution in [0, 0.1) is 23.5 Å². The van der Waals surface area contributed by atoms with Gasteiger partial charge in [0.25, 0.3) is 0 Å². The van der Waals surface area contributed by atoms with Gasteiger partial charge in [0, 0.05) is 12.1 Å². The highest BCUT2D eigenvalue weighted by Crippen LogP contribution is 2.34. The average Bonchev–Trinajstić information content (AvgIpc) is 2.38. The zero-order valence-corrected chi connectivity index (χ0v) is 12.5. The summed E-state index contributed by atoms with van der Waals surface area (Å²) in [5.41, 5.74) is 0.782. The Morgan fingerprint density at radius 3 is 2.45 bits per heavy atom. The molecule has 0 aromatic heterocycles. The number of nitrogens with one attached hydrogen (secondary N) is 1. The van der Waals surface area contributed by atoms with Crippen LogP contribution < -0.4 is 5.32 Å². The van der Waals surface area contributed by atoms with Gasteiger partial charge in [0.05, 0.1) is 0 Å². The Bertz CT molecular complexity index is 413. The maximum Gasteiger partial charge on any atom is 0.126 e. The molecular formula is C17H25F2N. The molecule has 1 nitrogen and oxygen atoms in total. The standard InChI is InChI=1S/C17H25F2N/c1-3-4-12-5-6-17(20-2)14(7-12)8-13-9-15(18)11-16(19)10-13/h9-12,14,17,20H,3-8H2,1-2H3. The van der Waals surface area contributed by atoms with Crippen molar-refractivity contribution in [3.8, 4) is 0 Å². The normalized spacial score (nSPS) is 26.7. The van der Waals surface area contributed by atoms with Crippen LogP contribution in [0.1, 0.15) is 44.6 Å². The lowest BCUT2D eigenvalue weighted by atomic mass is 9.74. The predicted molar refractivity (Wildman–Crippen MR) is 78.6 cm³/mol. The molecular weight excluding hydrogens is 256 g/mol. The second kappa shape index (κ2) is 7.16. The number of benzene rings is 1. The molecule has 1 aromatic carbocycles. The van der Waals surface area contributed by atoms with Crippen molar-refractivity contribution in [1.82, 2.24) is 5.32 Å². The molecule has 0 amide bonds. The van der Waals surface area contributed by atoms with E-state index in [9.17, 15) is 8.78 Å². The van der Waals surface area contributed by atoms with Crippen molar-refractivity contribution in [3.05, 3.63) is 35.4 Å². The van der Waals surface area contributed by atoms with Crippen molar-refractivity contribution in [3.63, 3.8) is 0 Å². The number of hydrogen-bond donors (Lipinski definition) is 1. The van der Waals surface area contributed by atoms with Crippen molar-refractivity contribution in [2.75, 3.05) is 7.05 Å². The summed E-state index contributed by atoms with van der Waals surface area (Å²) < 4.78 is 26.6. The minimum absolute atomic E-state index is 0.467. The second-order valence-corrected chi connectivity index (χ2v) is 6.10. The Balaban J connectivity index is 2.06. The summed E-state index contributed by atoms with van der Waals surface area (Å²) in [6.45, 7) is 2.22. The molecule has 0 bridgehead atoms. The zero-order chi connectivity index (χ0) is 14.5. The molecule has 0 radical (unpaired) electrons. The third kappa shape index (κ3) is 4.02. The fourth-order valence-electron chi connectivity index (χ4n) is 3.67. The van der Waals surface area contributed by atoms with Crippen LogP contribution in [0.4, 0.5) is 8.78 Å². The molecule has 0 heterocycles. The second-order valence-electron chi connectivity index (χ2n) is 6.10. The summed E-state index contributed by atoms with van der Waals surface area (Å²) in [5.74, 6) is 0.309. The van der Waals surface area contributed by atoms with Crippen molar-refractivity contribution >= 4 is 0 Å². The summed E-state index contributed by atoms with van der Waals surface area (Å²) >= 11 is 0. The Kier molecular flexibility index (Phi) is 5.53. The van der Waals surface area contributed by atoms with Gasteiger partial charge in [-0.3, -0.25) is 0 Å². The lowest BCUT2D eigenvalue weighted by molar-refractivity contribution is 0.200. The van der Waals surface area contributed by atoms with E-state index < -0.39 is 11.6 Å². The van der Waals surface area contributed by atoms with Gasteiger partial charge in [0.2, 0.25) is 0 Å². The van der Waals surface area contributed by atoms with E-state index in [-0.39, 0.29) is 0 Å². The van der Waals surface area contributed by atoms with Gasteiger partial charge in [0.1, 0.15) is 11.6 Å². The Morgan fingerprint density at radius 2 is 1.85 bits per heavy atom. The van der Waals surface area contributed by atoms with Gasteiger partial charge in [-0.05, 0) is 62.3 Å². The van der Waals surface area contributed by atoms with Crippen LogP contribution >= 0.6 is 0 Å². The Morgan fingerprint density at radius 1 is 1.15 bits per heavy atom. The van der Waals surface area contributed by atoms with Crippen LogP contribution in [0.15, 0.2) is 18.2 Å². The van der Waals surface area contributed by atoms with Gasteiger partial charge in [0.15, 0.2) is 0 Å². The van der Waals surface area contributed by atoms with Crippen LogP contribution in [-0.4, -0.2) is 13.1 Å². The lowest BCUT2D eigenvalue weighted by Gasteiger charge is -2.36. The van der Waals surface area contributed by atoms with Gasteiger partial charge >= 0.3 is 0 Å². The maximum absolute atomic E-state index is 13.3. The highest BCUT2D eigenvalue weighted by molar-refractivity contribution is 5.19. The molecule has 3 atom stereocenters. The van der Waals surface area contributed by atoms with Gasteiger partial charge < -0.3 is 5.32 Å². The molecule has 2 rings (SSSR count). The fraction of sp³-hybridized carbons (Fsp3) is 0.647. The van der Waals surface area contributed by atoms with Crippen molar-refractivity contribution in [1.29, 1.82) is 0 Å². The summed E-state index contributed by atoms with van der Waals surface area (Å²) in [4.78, 5) is 0. The quantitative estimate of drug-likeness (QED) is 0.848. The van der Waals surface area contributed by atoms with Crippen LogP contribution in [0.2, 0.25) is 0 Å². The number of hydrogen-bond acceptors (Lipinski definition) is 1. The molecule has 1 aliphatic rings. The van der Waals surface area contributed by atoms with E-state index in [2.05, 4.69) is 12.2 Å². The van der Waals surface area contributed by atoms with Gasteiger partial charge in [-0.15, -0.1) is 0 Å². The molecule has 1 aromatic rings. The third-order valence-corrected chi connectivity index (χ3v) is 4.58. The van der Waals surface area contributed by atoms with E-state index >= 15 is 0 Å². The topological polar surface area (TPSA) is 12.0 Å². The molecule has 3 heteroatoms. The fourth-order valence-corrected chi connectivity index (χ4v) is 3.67. The third-order valence-electron chi connectivity index (χ3n) is 4.58. The van der Waals surface area contributed by atoms with Crippen LogP contribution in [-0.2, 0) is 6.42 Å². The molecule has 1 saturated carbocycles. The van der Waals surface area contributed by atoms with Gasteiger partial charge in [-0.25, -0.2) is 8.78 Å². The number of halogens is 2. The Hall–Kier alpha value is -0.960. The molecule has 20 heavy (non-hydrogen) atoms. The highest BCUT2D eigenvalue weighted by atomic mass is 19.1. The van der Waals surface area contributed by atoms with Crippen molar-refractivity contribution in [2.45, 2.75) is 51.5 Å². The zero-order valence-electron chi connectivity index (χ0n) is 12.5. The van der Waals surface area contributed by atoms with Crippen molar-refractivity contribution in [2.24, 2.45) is 11.8 Å². The first-order chi connectivity index (χ1) is 9.62. The molecule has 1 fully saturated rings. The van der Waals surface area contributed by atoms with Crippen LogP contribution in [0.5, 0.6) is 0 Å². The SMILES string of the molecule is CCCC1CCC(NC)C(Cc2cc(F)cc(F)c2)C1. The van der Waals surface area contributed by atoms with Crippen LogP contribution in [0.25, 0.3) is 0 Å². The van der Waals surface area contributed by atoms with E-state index in [0.717, 1.165) is 30.4 Å². The smallest absolute Gasteiger partial charge is 0.126 e. The summed E-state index contributed by atoms with van der Waals surface area (Å²) in [6, 6.07) is 4.35.